The number of carbonyl (C=O) groups excluding carboxylic acids is 1. The van der Waals surface area contributed by atoms with E-state index < -0.39 is 0 Å². The van der Waals surface area contributed by atoms with E-state index in [1.54, 1.807) is 0 Å². The molecule has 2 N–H and O–H groups in total. The van der Waals surface area contributed by atoms with Crippen LogP contribution in [0.15, 0.2) is 24.3 Å². The van der Waals surface area contributed by atoms with Crippen molar-refractivity contribution in [2.45, 2.75) is 6.92 Å². The van der Waals surface area contributed by atoms with Gasteiger partial charge in [0, 0.05) is 17.8 Å². The van der Waals surface area contributed by atoms with Gasteiger partial charge in [-0.2, -0.15) is 0 Å². The standard InChI is InChI=1S/C14H16N2O/c1-3-11-5-4-6-12(7-11)16-14(17)13-9-15-8-10(13)2/h1,4-7,10,13,15H,8-9H2,2H3,(H,16,17). The Kier molecular flexibility index (Phi) is 3.46. The summed E-state index contributed by atoms with van der Waals surface area (Å²) in [6.45, 7) is 3.74. The third kappa shape index (κ3) is 2.66. The van der Waals surface area contributed by atoms with Crippen LogP contribution in [0.3, 0.4) is 0 Å². The molecule has 2 rings (SSSR count). The molecule has 0 spiro atoms. The first-order valence-corrected chi connectivity index (χ1v) is 5.79. The van der Waals surface area contributed by atoms with Gasteiger partial charge in [0.05, 0.1) is 5.92 Å². The lowest BCUT2D eigenvalue weighted by atomic mass is 9.97. The maximum absolute atomic E-state index is 12.0. The summed E-state index contributed by atoms with van der Waals surface area (Å²) in [5.74, 6) is 3.05. The van der Waals surface area contributed by atoms with Gasteiger partial charge in [-0.3, -0.25) is 4.79 Å². The van der Waals surface area contributed by atoms with Crippen molar-refractivity contribution in [2.75, 3.05) is 18.4 Å². The highest BCUT2D eigenvalue weighted by atomic mass is 16.1. The van der Waals surface area contributed by atoms with Crippen molar-refractivity contribution in [3.63, 3.8) is 0 Å². The smallest absolute Gasteiger partial charge is 0.229 e. The van der Waals surface area contributed by atoms with E-state index in [1.165, 1.54) is 0 Å². The van der Waals surface area contributed by atoms with Crippen molar-refractivity contribution >= 4 is 11.6 Å². The van der Waals surface area contributed by atoms with E-state index in [1.807, 2.05) is 24.3 Å². The largest absolute Gasteiger partial charge is 0.326 e. The van der Waals surface area contributed by atoms with Gasteiger partial charge >= 0.3 is 0 Å². The van der Waals surface area contributed by atoms with Gasteiger partial charge in [-0.05, 0) is 30.7 Å². The number of rotatable bonds is 2. The summed E-state index contributed by atoms with van der Waals surface area (Å²) >= 11 is 0. The normalized spacial score (nSPS) is 23.1. The van der Waals surface area contributed by atoms with E-state index in [-0.39, 0.29) is 11.8 Å². The molecule has 0 saturated carbocycles. The third-order valence-corrected chi connectivity index (χ3v) is 3.15. The number of amides is 1. The minimum Gasteiger partial charge on any atom is -0.326 e. The minimum atomic E-state index is 0.0458. The zero-order valence-corrected chi connectivity index (χ0v) is 9.86. The minimum absolute atomic E-state index is 0.0458. The molecule has 17 heavy (non-hydrogen) atoms. The number of nitrogens with one attached hydrogen (secondary N) is 2. The Balaban J connectivity index is 2.05. The van der Waals surface area contributed by atoms with Gasteiger partial charge < -0.3 is 10.6 Å². The Bertz CT molecular complexity index is 462. The van der Waals surface area contributed by atoms with Crippen LogP contribution in [0, 0.1) is 24.2 Å². The molecule has 1 aliphatic heterocycles. The quantitative estimate of drug-likeness (QED) is 0.752. The number of terminal acetylenes is 1. The topological polar surface area (TPSA) is 41.1 Å². The number of anilines is 1. The Morgan fingerprint density at radius 2 is 2.35 bits per heavy atom. The lowest BCUT2D eigenvalue weighted by molar-refractivity contribution is -0.120. The van der Waals surface area contributed by atoms with Crippen LogP contribution >= 0.6 is 0 Å². The Morgan fingerprint density at radius 1 is 1.53 bits per heavy atom. The molecule has 88 valence electrons. The van der Waals surface area contributed by atoms with Gasteiger partial charge in [-0.15, -0.1) is 6.42 Å². The summed E-state index contributed by atoms with van der Waals surface area (Å²) in [7, 11) is 0. The zero-order chi connectivity index (χ0) is 12.3. The molecular weight excluding hydrogens is 212 g/mol. The lowest BCUT2D eigenvalue weighted by Crippen LogP contribution is -2.27. The van der Waals surface area contributed by atoms with Gasteiger partial charge in [0.1, 0.15) is 0 Å². The molecule has 1 aliphatic rings. The fourth-order valence-electron chi connectivity index (χ4n) is 2.08. The summed E-state index contributed by atoms with van der Waals surface area (Å²) in [5.41, 5.74) is 1.55. The van der Waals surface area contributed by atoms with Gasteiger partial charge in [0.2, 0.25) is 5.91 Å². The molecule has 0 aromatic heterocycles. The number of benzene rings is 1. The maximum Gasteiger partial charge on any atom is 0.229 e. The van der Waals surface area contributed by atoms with Gasteiger partial charge in [0.25, 0.3) is 0 Å². The maximum atomic E-state index is 12.0. The molecule has 1 aromatic rings. The molecule has 1 aromatic carbocycles. The Labute approximate surface area is 102 Å². The monoisotopic (exact) mass is 228 g/mol. The van der Waals surface area contributed by atoms with E-state index in [0.717, 1.165) is 24.3 Å². The second-order valence-corrected chi connectivity index (χ2v) is 4.46. The average Bonchev–Trinajstić information content (AvgIpc) is 2.76. The predicted molar refractivity (Wildman–Crippen MR) is 68.5 cm³/mol. The van der Waals surface area contributed by atoms with Crippen LogP contribution in [0.1, 0.15) is 12.5 Å². The molecule has 1 amide bonds. The number of hydrogen-bond acceptors (Lipinski definition) is 2. The van der Waals surface area contributed by atoms with E-state index >= 15 is 0 Å². The highest BCUT2D eigenvalue weighted by molar-refractivity contribution is 5.93. The zero-order valence-electron chi connectivity index (χ0n) is 9.86. The first-order chi connectivity index (χ1) is 8.20. The summed E-state index contributed by atoms with van der Waals surface area (Å²) in [6, 6.07) is 7.35. The van der Waals surface area contributed by atoms with E-state index in [4.69, 9.17) is 6.42 Å². The molecule has 1 fully saturated rings. The van der Waals surface area contributed by atoms with Crippen molar-refractivity contribution in [1.82, 2.24) is 5.32 Å². The molecule has 3 heteroatoms. The molecule has 0 bridgehead atoms. The lowest BCUT2D eigenvalue weighted by Gasteiger charge is -2.14. The Hall–Kier alpha value is -1.79. The van der Waals surface area contributed by atoms with Crippen LogP contribution in [0.2, 0.25) is 0 Å². The molecule has 3 nitrogen and oxygen atoms in total. The fraction of sp³-hybridized carbons (Fsp3) is 0.357. The van der Waals surface area contributed by atoms with Crippen LogP contribution in [0.5, 0.6) is 0 Å². The highest BCUT2D eigenvalue weighted by Gasteiger charge is 2.29. The summed E-state index contributed by atoms with van der Waals surface area (Å²) in [4.78, 5) is 12.0. The molecule has 2 unspecified atom stereocenters. The molecular formula is C14H16N2O. The van der Waals surface area contributed by atoms with Gasteiger partial charge in [-0.1, -0.05) is 18.9 Å². The number of hydrogen-bond donors (Lipinski definition) is 2. The first-order valence-electron chi connectivity index (χ1n) is 5.79. The van der Waals surface area contributed by atoms with Crippen LogP contribution in [0.4, 0.5) is 5.69 Å². The molecule has 1 saturated heterocycles. The summed E-state index contributed by atoms with van der Waals surface area (Å²) in [6.07, 6.45) is 5.32. The second-order valence-electron chi connectivity index (χ2n) is 4.46. The number of carbonyl (C=O) groups is 1. The molecule has 1 heterocycles. The fourth-order valence-corrected chi connectivity index (χ4v) is 2.08. The van der Waals surface area contributed by atoms with Crippen LogP contribution in [-0.2, 0) is 4.79 Å². The van der Waals surface area contributed by atoms with Crippen molar-refractivity contribution in [1.29, 1.82) is 0 Å². The summed E-state index contributed by atoms with van der Waals surface area (Å²) in [5, 5.41) is 6.13. The predicted octanol–water partition coefficient (Wildman–Crippen LogP) is 1.46. The van der Waals surface area contributed by atoms with E-state index in [9.17, 15) is 4.79 Å². The van der Waals surface area contributed by atoms with Gasteiger partial charge in [-0.25, -0.2) is 0 Å². The van der Waals surface area contributed by atoms with E-state index in [0.29, 0.717) is 5.92 Å². The van der Waals surface area contributed by atoms with Crippen LogP contribution in [0.25, 0.3) is 0 Å². The summed E-state index contributed by atoms with van der Waals surface area (Å²) < 4.78 is 0. The van der Waals surface area contributed by atoms with Crippen molar-refractivity contribution in [2.24, 2.45) is 11.8 Å². The van der Waals surface area contributed by atoms with Gasteiger partial charge in [0.15, 0.2) is 0 Å². The Morgan fingerprint density at radius 3 is 3.00 bits per heavy atom. The molecule has 2 atom stereocenters. The van der Waals surface area contributed by atoms with Crippen molar-refractivity contribution in [3.05, 3.63) is 29.8 Å². The average molecular weight is 228 g/mol. The highest BCUT2D eigenvalue weighted by Crippen LogP contribution is 2.18. The van der Waals surface area contributed by atoms with Crippen LogP contribution < -0.4 is 10.6 Å². The molecule has 0 aliphatic carbocycles. The first kappa shape index (κ1) is 11.7. The van der Waals surface area contributed by atoms with Crippen LogP contribution in [-0.4, -0.2) is 19.0 Å². The third-order valence-electron chi connectivity index (χ3n) is 3.15. The van der Waals surface area contributed by atoms with Crippen molar-refractivity contribution in [3.8, 4) is 12.3 Å². The van der Waals surface area contributed by atoms with Crippen molar-refractivity contribution < 1.29 is 4.79 Å². The van der Waals surface area contributed by atoms with E-state index in [2.05, 4.69) is 23.5 Å². The second kappa shape index (κ2) is 5.03. The SMILES string of the molecule is C#Cc1cccc(NC(=O)C2CNCC2C)c1. The molecule has 0 radical (unpaired) electrons.